The molecule has 4 heteroatoms. The molecule has 0 aliphatic heterocycles. The molecule has 0 aromatic carbocycles. The topological polar surface area (TPSA) is 50.9 Å². The van der Waals surface area contributed by atoms with Crippen LogP contribution in [0, 0.1) is 5.82 Å². The number of halogens is 1. The van der Waals surface area contributed by atoms with Gasteiger partial charge in [-0.1, -0.05) is 0 Å². The van der Waals surface area contributed by atoms with Crippen LogP contribution in [0.25, 0.3) is 0 Å². The lowest BCUT2D eigenvalue weighted by Crippen LogP contribution is -2.05. The maximum atomic E-state index is 12.6. The summed E-state index contributed by atoms with van der Waals surface area (Å²) in [5, 5.41) is 3.06. The van der Waals surface area contributed by atoms with Gasteiger partial charge in [0.15, 0.2) is 0 Å². The van der Waals surface area contributed by atoms with E-state index in [2.05, 4.69) is 10.3 Å². The van der Waals surface area contributed by atoms with Gasteiger partial charge in [-0.25, -0.2) is 4.39 Å². The lowest BCUT2D eigenvalue weighted by molar-refractivity contribution is 0.621. The van der Waals surface area contributed by atoms with Crippen LogP contribution in [-0.2, 0) is 0 Å². The van der Waals surface area contributed by atoms with Crippen molar-refractivity contribution >= 4 is 5.69 Å². The van der Waals surface area contributed by atoms with Crippen LogP contribution in [0.2, 0.25) is 0 Å². The zero-order valence-corrected chi connectivity index (χ0v) is 7.46. The molecule has 1 aromatic heterocycles. The number of hydrogen-bond acceptors (Lipinski definition) is 3. The lowest BCUT2D eigenvalue weighted by atomic mass is 10.3. The molecule has 1 aromatic rings. The number of nitrogens with zero attached hydrogens (tertiary/aromatic N) is 1. The van der Waals surface area contributed by atoms with Crippen LogP contribution >= 0.6 is 0 Å². The Hall–Kier alpha value is -1.16. The van der Waals surface area contributed by atoms with Gasteiger partial charge >= 0.3 is 0 Å². The summed E-state index contributed by atoms with van der Waals surface area (Å²) in [7, 11) is 0. The Balaban J connectivity index is 2.28. The molecule has 3 nitrogen and oxygen atoms in total. The van der Waals surface area contributed by atoms with Crippen molar-refractivity contribution in [2.75, 3.05) is 18.4 Å². The summed E-state index contributed by atoms with van der Waals surface area (Å²) in [5.41, 5.74) is 6.05. The highest BCUT2D eigenvalue weighted by atomic mass is 19.1. The molecule has 3 N–H and O–H groups in total. The Morgan fingerprint density at radius 3 is 2.92 bits per heavy atom. The van der Waals surface area contributed by atoms with E-state index in [9.17, 15) is 4.39 Å². The Morgan fingerprint density at radius 2 is 2.23 bits per heavy atom. The van der Waals surface area contributed by atoms with E-state index in [0.29, 0.717) is 6.54 Å². The third-order valence-corrected chi connectivity index (χ3v) is 1.66. The molecular formula is C9H14FN3. The molecule has 0 saturated carbocycles. The number of hydrogen-bond donors (Lipinski definition) is 2. The number of nitrogens with two attached hydrogens (primary N) is 1. The van der Waals surface area contributed by atoms with Crippen molar-refractivity contribution in [1.82, 2.24) is 4.98 Å². The molecular weight excluding hydrogens is 169 g/mol. The summed E-state index contributed by atoms with van der Waals surface area (Å²) in [5.74, 6) is -0.316. The average Bonchev–Trinajstić information content (AvgIpc) is 2.13. The van der Waals surface area contributed by atoms with E-state index in [1.807, 2.05) is 0 Å². The quantitative estimate of drug-likeness (QED) is 0.678. The smallest absolute Gasteiger partial charge is 0.143 e. The normalized spacial score (nSPS) is 10.0. The first kappa shape index (κ1) is 9.92. The van der Waals surface area contributed by atoms with Crippen molar-refractivity contribution in [3.8, 4) is 0 Å². The molecule has 1 rings (SSSR count). The summed E-state index contributed by atoms with van der Waals surface area (Å²) in [6.45, 7) is 1.51. The van der Waals surface area contributed by atoms with Gasteiger partial charge in [0.1, 0.15) is 5.82 Å². The Kier molecular flexibility index (Phi) is 4.18. The molecule has 0 atom stereocenters. The SMILES string of the molecule is NCCCCNc1cncc(F)c1. The minimum Gasteiger partial charge on any atom is -0.384 e. The Bertz CT molecular complexity index is 252. The second-order valence-corrected chi connectivity index (χ2v) is 2.81. The molecule has 0 spiro atoms. The molecule has 1 heterocycles. The number of rotatable bonds is 5. The van der Waals surface area contributed by atoms with Crippen LogP contribution in [0.4, 0.5) is 10.1 Å². The van der Waals surface area contributed by atoms with Crippen molar-refractivity contribution in [2.24, 2.45) is 5.73 Å². The van der Waals surface area contributed by atoms with E-state index in [1.165, 1.54) is 12.3 Å². The molecule has 0 amide bonds. The van der Waals surface area contributed by atoms with E-state index in [1.54, 1.807) is 6.20 Å². The predicted molar refractivity (Wildman–Crippen MR) is 51.0 cm³/mol. The molecule has 0 radical (unpaired) electrons. The first-order chi connectivity index (χ1) is 6.33. The van der Waals surface area contributed by atoms with Crippen molar-refractivity contribution in [2.45, 2.75) is 12.8 Å². The van der Waals surface area contributed by atoms with E-state index in [4.69, 9.17) is 5.73 Å². The van der Waals surface area contributed by atoms with Gasteiger partial charge in [0.2, 0.25) is 0 Å². The molecule has 0 aliphatic rings. The predicted octanol–water partition coefficient (Wildman–Crippen LogP) is 1.37. The van der Waals surface area contributed by atoms with Gasteiger partial charge in [0, 0.05) is 12.6 Å². The van der Waals surface area contributed by atoms with Crippen molar-refractivity contribution in [1.29, 1.82) is 0 Å². The highest BCUT2D eigenvalue weighted by Crippen LogP contribution is 2.06. The van der Waals surface area contributed by atoms with Gasteiger partial charge in [0.05, 0.1) is 18.1 Å². The monoisotopic (exact) mass is 183 g/mol. The Morgan fingerprint density at radius 1 is 1.38 bits per heavy atom. The molecule has 0 saturated heterocycles. The number of pyridine rings is 1. The van der Waals surface area contributed by atoms with Gasteiger partial charge in [-0.05, 0) is 19.4 Å². The van der Waals surface area contributed by atoms with Crippen LogP contribution in [0.3, 0.4) is 0 Å². The largest absolute Gasteiger partial charge is 0.384 e. The van der Waals surface area contributed by atoms with E-state index in [-0.39, 0.29) is 5.82 Å². The fraction of sp³-hybridized carbons (Fsp3) is 0.444. The first-order valence-corrected chi connectivity index (χ1v) is 4.37. The van der Waals surface area contributed by atoms with Crippen molar-refractivity contribution in [3.63, 3.8) is 0 Å². The maximum Gasteiger partial charge on any atom is 0.143 e. The lowest BCUT2D eigenvalue weighted by Gasteiger charge is -2.04. The van der Waals surface area contributed by atoms with Gasteiger partial charge < -0.3 is 11.1 Å². The van der Waals surface area contributed by atoms with E-state index < -0.39 is 0 Å². The fourth-order valence-corrected chi connectivity index (χ4v) is 1.01. The third-order valence-electron chi connectivity index (χ3n) is 1.66. The summed E-state index contributed by atoms with van der Waals surface area (Å²) in [4.78, 5) is 3.72. The van der Waals surface area contributed by atoms with Crippen molar-refractivity contribution < 1.29 is 4.39 Å². The van der Waals surface area contributed by atoms with Gasteiger partial charge in [-0.2, -0.15) is 0 Å². The van der Waals surface area contributed by atoms with Gasteiger partial charge in [0.25, 0.3) is 0 Å². The van der Waals surface area contributed by atoms with Gasteiger partial charge in [-0.3, -0.25) is 4.98 Å². The molecule has 0 bridgehead atoms. The second kappa shape index (κ2) is 5.48. The highest BCUT2D eigenvalue weighted by molar-refractivity contribution is 5.39. The molecule has 13 heavy (non-hydrogen) atoms. The first-order valence-electron chi connectivity index (χ1n) is 4.37. The zero-order valence-electron chi connectivity index (χ0n) is 7.46. The number of anilines is 1. The number of nitrogens with one attached hydrogen (secondary N) is 1. The summed E-state index contributed by atoms with van der Waals surface area (Å²) in [6.07, 6.45) is 4.76. The van der Waals surface area contributed by atoms with Crippen LogP contribution < -0.4 is 11.1 Å². The number of unbranched alkanes of at least 4 members (excludes halogenated alkanes) is 1. The third kappa shape index (κ3) is 3.85. The Labute approximate surface area is 77.2 Å². The second-order valence-electron chi connectivity index (χ2n) is 2.81. The maximum absolute atomic E-state index is 12.6. The van der Waals surface area contributed by atoms with E-state index >= 15 is 0 Å². The molecule has 0 aliphatic carbocycles. The summed E-state index contributed by atoms with van der Waals surface area (Å²) in [6, 6.07) is 1.43. The highest BCUT2D eigenvalue weighted by Gasteiger charge is 1.93. The summed E-state index contributed by atoms with van der Waals surface area (Å²) >= 11 is 0. The van der Waals surface area contributed by atoms with Crippen LogP contribution in [0.1, 0.15) is 12.8 Å². The van der Waals surface area contributed by atoms with Crippen LogP contribution in [0.5, 0.6) is 0 Å². The van der Waals surface area contributed by atoms with E-state index in [0.717, 1.165) is 25.1 Å². The number of aromatic nitrogens is 1. The molecule has 0 fully saturated rings. The molecule has 0 unspecified atom stereocenters. The van der Waals surface area contributed by atoms with Crippen LogP contribution in [0.15, 0.2) is 18.5 Å². The van der Waals surface area contributed by atoms with Crippen LogP contribution in [-0.4, -0.2) is 18.1 Å². The fourth-order valence-electron chi connectivity index (χ4n) is 1.01. The molecule has 72 valence electrons. The minimum atomic E-state index is -0.316. The van der Waals surface area contributed by atoms with Crippen molar-refractivity contribution in [3.05, 3.63) is 24.3 Å². The summed E-state index contributed by atoms with van der Waals surface area (Å²) < 4.78 is 12.6. The average molecular weight is 183 g/mol. The minimum absolute atomic E-state index is 0.316. The van der Waals surface area contributed by atoms with Gasteiger partial charge in [-0.15, -0.1) is 0 Å². The standard InChI is InChI=1S/C9H14FN3/c10-8-5-9(7-12-6-8)13-4-2-1-3-11/h5-7,13H,1-4,11H2. The zero-order chi connectivity index (χ0) is 9.52.